The molecule has 0 spiro atoms. The molecule has 146 valence electrons. The van der Waals surface area contributed by atoms with Crippen LogP contribution in [-0.4, -0.2) is 15.7 Å². The van der Waals surface area contributed by atoms with E-state index in [4.69, 9.17) is 0 Å². The van der Waals surface area contributed by atoms with Crippen molar-refractivity contribution in [2.45, 2.75) is 19.8 Å². The minimum atomic E-state index is -0.504. The van der Waals surface area contributed by atoms with Gasteiger partial charge in [-0.1, -0.05) is 56.3 Å². The lowest BCUT2D eigenvalue weighted by Gasteiger charge is -2.07. The first-order valence-electron chi connectivity index (χ1n) is 9.04. The van der Waals surface area contributed by atoms with E-state index in [-0.39, 0.29) is 5.69 Å². The van der Waals surface area contributed by atoms with Gasteiger partial charge in [-0.2, -0.15) is 5.10 Å². The van der Waals surface area contributed by atoms with Crippen LogP contribution in [-0.2, 0) is 0 Å². The molecule has 3 aromatic rings. The number of hydrazone groups is 1. The minimum Gasteiger partial charge on any atom is -0.259 e. The first-order valence-corrected chi connectivity index (χ1v) is 9.04. The van der Waals surface area contributed by atoms with Crippen molar-refractivity contribution in [3.05, 3.63) is 94.2 Å². The topological polar surface area (TPSA) is 105 Å². The number of pyridine rings is 1. The molecule has 0 saturated carbocycles. The van der Waals surface area contributed by atoms with E-state index in [2.05, 4.69) is 39.6 Å². The normalized spacial score (nSPS) is 11.8. The summed E-state index contributed by atoms with van der Waals surface area (Å²) in [4.78, 5) is 14.2. The van der Waals surface area contributed by atoms with Crippen molar-refractivity contribution in [2.24, 2.45) is 15.3 Å². The summed E-state index contributed by atoms with van der Waals surface area (Å²) in [6.45, 7) is 4.25. The number of aromatic nitrogens is 1. The second-order valence-electron chi connectivity index (χ2n) is 6.52. The summed E-state index contributed by atoms with van der Waals surface area (Å²) in [5.41, 5.74) is 5.38. The smallest absolute Gasteiger partial charge is 0.259 e. The van der Waals surface area contributed by atoms with Crippen molar-refractivity contribution in [1.29, 1.82) is 0 Å². The Morgan fingerprint density at radius 1 is 1.03 bits per heavy atom. The van der Waals surface area contributed by atoms with Crippen LogP contribution in [0.3, 0.4) is 0 Å². The fourth-order valence-corrected chi connectivity index (χ4v) is 2.43. The molecule has 3 rings (SSSR count). The molecular weight excluding hydrogens is 368 g/mol. The van der Waals surface area contributed by atoms with Gasteiger partial charge in [-0.3, -0.25) is 15.5 Å². The van der Waals surface area contributed by atoms with Crippen molar-refractivity contribution < 1.29 is 4.92 Å². The quantitative estimate of drug-likeness (QED) is 0.193. The highest BCUT2D eigenvalue weighted by Crippen LogP contribution is 2.18. The molecule has 0 fully saturated rings. The number of anilines is 1. The van der Waals surface area contributed by atoms with E-state index >= 15 is 0 Å². The average molecular weight is 388 g/mol. The lowest BCUT2D eigenvalue weighted by Crippen LogP contribution is -2.03. The van der Waals surface area contributed by atoms with Crippen LogP contribution in [0.5, 0.6) is 0 Å². The predicted octanol–water partition coefficient (Wildman–Crippen LogP) is 5.67. The van der Waals surface area contributed by atoms with Gasteiger partial charge in [0.15, 0.2) is 0 Å². The third-order valence-corrected chi connectivity index (χ3v) is 4.09. The number of rotatable bonds is 6. The molecule has 0 amide bonds. The van der Waals surface area contributed by atoms with Crippen LogP contribution in [0.2, 0.25) is 0 Å². The summed E-state index contributed by atoms with van der Waals surface area (Å²) < 4.78 is 0. The van der Waals surface area contributed by atoms with E-state index < -0.39 is 4.92 Å². The highest BCUT2D eigenvalue weighted by Gasteiger charge is 2.07. The maximum Gasteiger partial charge on any atom is 0.287 e. The highest BCUT2D eigenvalue weighted by molar-refractivity contribution is 5.99. The zero-order chi connectivity index (χ0) is 20.6. The third-order valence-electron chi connectivity index (χ3n) is 4.09. The van der Waals surface area contributed by atoms with Gasteiger partial charge in [0.2, 0.25) is 5.84 Å². The molecule has 0 unspecified atom stereocenters. The SMILES string of the molecule is CC(C)c1ccc(C(N=Nc2ccccc2)=NNc2ccc([N+](=O)[O-])cn2)cc1. The molecule has 0 aliphatic rings. The number of nitro groups is 1. The van der Waals surface area contributed by atoms with Crippen LogP contribution < -0.4 is 5.43 Å². The van der Waals surface area contributed by atoms with E-state index in [0.717, 1.165) is 5.56 Å². The van der Waals surface area contributed by atoms with Crippen molar-refractivity contribution in [1.82, 2.24) is 4.98 Å². The maximum absolute atomic E-state index is 10.7. The standard InChI is InChI=1S/C21H20N6O2/c1-15(2)16-8-10-17(11-9-16)21(25-23-18-6-4-3-5-7-18)26-24-20-13-12-19(14-22-20)27(28)29/h3-15H,1-2H3,(H,22,24). The van der Waals surface area contributed by atoms with Crippen LogP contribution in [0.1, 0.15) is 30.9 Å². The third kappa shape index (κ3) is 5.52. The van der Waals surface area contributed by atoms with E-state index in [1.807, 2.05) is 54.6 Å². The molecular formula is C21H20N6O2. The molecule has 0 radical (unpaired) electrons. The number of hydrogen-bond acceptors (Lipinski definition) is 6. The van der Waals surface area contributed by atoms with E-state index in [9.17, 15) is 10.1 Å². The summed E-state index contributed by atoms with van der Waals surface area (Å²) in [5.74, 6) is 1.14. The highest BCUT2D eigenvalue weighted by atomic mass is 16.6. The minimum absolute atomic E-state index is 0.0900. The van der Waals surface area contributed by atoms with E-state index in [0.29, 0.717) is 23.3 Å². The molecule has 0 aliphatic carbocycles. The fraction of sp³-hybridized carbons (Fsp3) is 0.143. The van der Waals surface area contributed by atoms with Crippen molar-refractivity contribution >= 4 is 23.0 Å². The van der Waals surface area contributed by atoms with Crippen molar-refractivity contribution in [3.63, 3.8) is 0 Å². The first kappa shape index (κ1) is 19.8. The number of nitrogens with one attached hydrogen (secondary N) is 1. The zero-order valence-electron chi connectivity index (χ0n) is 16.1. The molecule has 0 bridgehead atoms. The molecule has 1 N–H and O–H groups in total. The summed E-state index contributed by atoms with van der Waals surface area (Å²) >= 11 is 0. The number of nitrogens with zero attached hydrogens (tertiary/aromatic N) is 5. The van der Waals surface area contributed by atoms with Crippen LogP contribution in [0, 0.1) is 10.1 Å². The van der Waals surface area contributed by atoms with Crippen LogP contribution >= 0.6 is 0 Å². The molecule has 1 heterocycles. The Labute approximate surface area is 168 Å². The summed E-state index contributed by atoms with van der Waals surface area (Å²) in [6, 6.07) is 20.1. The van der Waals surface area contributed by atoms with Gasteiger partial charge in [0.1, 0.15) is 12.0 Å². The Bertz CT molecular complexity index is 1010. The maximum atomic E-state index is 10.7. The molecule has 2 aromatic carbocycles. The number of benzene rings is 2. The molecule has 8 heteroatoms. The number of amidine groups is 1. The lowest BCUT2D eigenvalue weighted by molar-refractivity contribution is -0.385. The van der Waals surface area contributed by atoms with E-state index in [1.54, 1.807) is 0 Å². The number of azo groups is 1. The van der Waals surface area contributed by atoms with Gasteiger partial charge >= 0.3 is 0 Å². The van der Waals surface area contributed by atoms with Gasteiger partial charge in [-0.15, -0.1) is 10.2 Å². The van der Waals surface area contributed by atoms with Crippen LogP contribution in [0.4, 0.5) is 17.2 Å². The van der Waals surface area contributed by atoms with Gasteiger partial charge < -0.3 is 0 Å². The van der Waals surface area contributed by atoms with Gasteiger partial charge in [-0.05, 0) is 29.7 Å². The molecule has 0 aliphatic heterocycles. The van der Waals surface area contributed by atoms with Gasteiger partial charge in [0, 0.05) is 11.6 Å². The second-order valence-corrected chi connectivity index (χ2v) is 6.52. The Morgan fingerprint density at radius 2 is 1.76 bits per heavy atom. The molecule has 0 saturated heterocycles. The summed E-state index contributed by atoms with van der Waals surface area (Å²) in [6.07, 6.45) is 1.17. The van der Waals surface area contributed by atoms with Crippen molar-refractivity contribution in [3.8, 4) is 0 Å². The largest absolute Gasteiger partial charge is 0.287 e. The van der Waals surface area contributed by atoms with E-state index in [1.165, 1.54) is 23.9 Å². The summed E-state index contributed by atoms with van der Waals surface area (Å²) in [5, 5.41) is 23.6. The first-order chi connectivity index (χ1) is 14.0. The Balaban J connectivity index is 1.87. The average Bonchev–Trinajstić information content (AvgIpc) is 2.75. The van der Waals surface area contributed by atoms with Gasteiger partial charge in [0.05, 0.1) is 10.6 Å². The molecule has 8 nitrogen and oxygen atoms in total. The summed E-state index contributed by atoms with van der Waals surface area (Å²) in [7, 11) is 0. The van der Waals surface area contributed by atoms with Gasteiger partial charge in [0.25, 0.3) is 5.69 Å². The Kier molecular flexibility index (Phi) is 6.36. The Morgan fingerprint density at radius 3 is 2.34 bits per heavy atom. The molecule has 0 atom stereocenters. The lowest BCUT2D eigenvalue weighted by atomic mass is 10.0. The number of hydrogen-bond donors (Lipinski definition) is 1. The molecule has 1 aromatic heterocycles. The second kappa shape index (κ2) is 9.32. The molecule has 29 heavy (non-hydrogen) atoms. The monoisotopic (exact) mass is 388 g/mol. The fourth-order valence-electron chi connectivity index (χ4n) is 2.43. The van der Waals surface area contributed by atoms with Crippen LogP contribution in [0.25, 0.3) is 0 Å². The Hall–Kier alpha value is -3.94. The van der Waals surface area contributed by atoms with Crippen LogP contribution in [0.15, 0.2) is 88.3 Å². The van der Waals surface area contributed by atoms with Gasteiger partial charge in [-0.25, -0.2) is 4.98 Å². The predicted molar refractivity (Wildman–Crippen MR) is 113 cm³/mol. The zero-order valence-corrected chi connectivity index (χ0v) is 16.1. The van der Waals surface area contributed by atoms with Crippen molar-refractivity contribution in [2.75, 3.05) is 5.43 Å².